The van der Waals surface area contributed by atoms with Crippen LogP contribution in [-0.4, -0.2) is 32.8 Å². The van der Waals surface area contributed by atoms with E-state index in [0.717, 1.165) is 11.1 Å². The number of carbonyl (C=O) groups excluding carboxylic acids is 2. The Morgan fingerprint density at radius 2 is 1.84 bits per heavy atom. The summed E-state index contributed by atoms with van der Waals surface area (Å²) in [5.74, 6) is -0.650. The summed E-state index contributed by atoms with van der Waals surface area (Å²) >= 11 is 0. The normalized spacial score (nSPS) is 15.0. The molecule has 0 radical (unpaired) electrons. The fourth-order valence-electron chi connectivity index (χ4n) is 3.53. The van der Waals surface area contributed by atoms with Gasteiger partial charge in [0.25, 0.3) is 0 Å². The molecular weight excluding hydrogens is 414 g/mol. The van der Waals surface area contributed by atoms with E-state index in [2.05, 4.69) is 15.4 Å². The highest BCUT2D eigenvalue weighted by molar-refractivity contribution is 7.89. The predicted octanol–water partition coefficient (Wildman–Crippen LogP) is 2.62. The van der Waals surface area contributed by atoms with Crippen LogP contribution in [0.1, 0.15) is 37.8 Å². The lowest BCUT2D eigenvalue weighted by molar-refractivity contribution is -0.123. The number of benzene rings is 2. The van der Waals surface area contributed by atoms with Crippen molar-refractivity contribution >= 4 is 27.5 Å². The van der Waals surface area contributed by atoms with Crippen molar-refractivity contribution < 1.29 is 18.0 Å². The van der Waals surface area contributed by atoms with Gasteiger partial charge in [0.05, 0.1) is 4.90 Å². The lowest BCUT2D eigenvalue weighted by Crippen LogP contribution is -2.49. The standard InChI is InChI=1S/C23H29N3O4S/c1-16(2)22(23(28)24-14-13-17-7-4-3-5-8-17)26-31(29,30)19-11-12-20-18(15-19)9-6-10-21(27)25-20/h3-5,7-8,11-12,15-16,22,26H,6,9-10,13-14H2,1-2H3,(H,24,28)(H,25,27). The van der Waals surface area contributed by atoms with E-state index in [4.69, 9.17) is 0 Å². The summed E-state index contributed by atoms with van der Waals surface area (Å²) in [6.45, 7) is 4.03. The minimum absolute atomic E-state index is 0.0699. The van der Waals surface area contributed by atoms with Crippen molar-refractivity contribution in [3.63, 3.8) is 0 Å². The summed E-state index contributed by atoms with van der Waals surface area (Å²) in [6, 6.07) is 13.5. The van der Waals surface area contributed by atoms with Crippen LogP contribution in [0.25, 0.3) is 0 Å². The molecule has 3 rings (SSSR count). The highest BCUT2D eigenvalue weighted by Crippen LogP contribution is 2.25. The quantitative estimate of drug-likeness (QED) is 0.583. The zero-order valence-corrected chi connectivity index (χ0v) is 18.7. The topological polar surface area (TPSA) is 104 Å². The summed E-state index contributed by atoms with van der Waals surface area (Å²) in [4.78, 5) is 24.5. The molecule has 2 aromatic carbocycles. The van der Waals surface area contributed by atoms with E-state index in [1.165, 1.54) is 6.07 Å². The Kier molecular flexibility index (Phi) is 7.46. The maximum atomic E-state index is 13.0. The van der Waals surface area contributed by atoms with E-state index in [0.29, 0.717) is 37.9 Å². The van der Waals surface area contributed by atoms with Gasteiger partial charge in [0, 0.05) is 18.7 Å². The predicted molar refractivity (Wildman–Crippen MR) is 120 cm³/mol. The van der Waals surface area contributed by atoms with E-state index in [-0.39, 0.29) is 22.6 Å². The van der Waals surface area contributed by atoms with Crippen molar-refractivity contribution in [2.45, 2.75) is 50.5 Å². The lowest BCUT2D eigenvalue weighted by atomic mass is 10.0. The molecule has 8 heteroatoms. The van der Waals surface area contributed by atoms with Gasteiger partial charge in [0.2, 0.25) is 21.8 Å². The fraction of sp³-hybridized carbons (Fsp3) is 0.391. The first kappa shape index (κ1) is 23.0. The van der Waals surface area contributed by atoms with Gasteiger partial charge in [-0.2, -0.15) is 4.72 Å². The Labute approximate surface area is 183 Å². The molecule has 2 amide bonds. The number of carbonyl (C=O) groups is 2. The maximum absolute atomic E-state index is 13.0. The molecule has 0 fully saturated rings. The maximum Gasteiger partial charge on any atom is 0.241 e. The van der Waals surface area contributed by atoms with Crippen LogP contribution in [0, 0.1) is 5.92 Å². The molecule has 0 spiro atoms. The van der Waals surface area contributed by atoms with Crippen molar-refractivity contribution in [1.29, 1.82) is 0 Å². The number of anilines is 1. The first-order valence-electron chi connectivity index (χ1n) is 10.5. The Bertz CT molecular complexity index is 1040. The molecule has 0 saturated heterocycles. The van der Waals surface area contributed by atoms with Crippen molar-refractivity contribution in [3.8, 4) is 0 Å². The van der Waals surface area contributed by atoms with Crippen molar-refractivity contribution in [1.82, 2.24) is 10.0 Å². The van der Waals surface area contributed by atoms with E-state index >= 15 is 0 Å². The zero-order valence-electron chi connectivity index (χ0n) is 17.9. The van der Waals surface area contributed by atoms with Gasteiger partial charge in [-0.3, -0.25) is 9.59 Å². The third-order valence-corrected chi connectivity index (χ3v) is 6.74. The molecule has 1 atom stereocenters. The first-order valence-corrected chi connectivity index (χ1v) is 12.0. The van der Waals surface area contributed by atoms with Crippen LogP contribution in [0.2, 0.25) is 0 Å². The molecule has 0 saturated carbocycles. The second-order valence-electron chi connectivity index (χ2n) is 8.09. The molecule has 7 nitrogen and oxygen atoms in total. The van der Waals surface area contributed by atoms with Gasteiger partial charge >= 0.3 is 0 Å². The number of nitrogens with one attached hydrogen (secondary N) is 3. The average molecular weight is 444 g/mol. The van der Waals surface area contributed by atoms with Crippen LogP contribution in [0.5, 0.6) is 0 Å². The van der Waals surface area contributed by atoms with Gasteiger partial charge in [-0.15, -0.1) is 0 Å². The second-order valence-corrected chi connectivity index (χ2v) is 9.80. The number of rotatable bonds is 8. The molecule has 2 aromatic rings. The minimum atomic E-state index is -3.91. The summed E-state index contributed by atoms with van der Waals surface area (Å²) < 4.78 is 28.6. The number of fused-ring (bicyclic) bond motifs is 1. The van der Waals surface area contributed by atoms with Crippen molar-refractivity contribution in [3.05, 3.63) is 59.7 Å². The van der Waals surface area contributed by atoms with Gasteiger partial charge in [-0.25, -0.2) is 8.42 Å². The van der Waals surface area contributed by atoms with E-state index in [1.807, 2.05) is 30.3 Å². The van der Waals surface area contributed by atoms with Gasteiger partial charge in [0.15, 0.2) is 0 Å². The Morgan fingerprint density at radius 3 is 2.55 bits per heavy atom. The molecule has 3 N–H and O–H groups in total. The average Bonchev–Trinajstić information content (AvgIpc) is 2.92. The first-order chi connectivity index (χ1) is 14.8. The monoisotopic (exact) mass is 443 g/mol. The van der Waals surface area contributed by atoms with Crippen LogP contribution in [0.3, 0.4) is 0 Å². The van der Waals surface area contributed by atoms with Crippen LogP contribution in [0.4, 0.5) is 5.69 Å². The second kappa shape index (κ2) is 10.1. The minimum Gasteiger partial charge on any atom is -0.354 e. The number of sulfonamides is 1. The van der Waals surface area contributed by atoms with Gasteiger partial charge < -0.3 is 10.6 Å². The molecule has 1 aliphatic rings. The highest BCUT2D eigenvalue weighted by Gasteiger charge is 2.29. The van der Waals surface area contributed by atoms with Crippen LogP contribution < -0.4 is 15.4 Å². The van der Waals surface area contributed by atoms with Crippen LogP contribution >= 0.6 is 0 Å². The van der Waals surface area contributed by atoms with Crippen LogP contribution in [0.15, 0.2) is 53.4 Å². The Balaban J connectivity index is 1.69. The fourth-order valence-corrected chi connectivity index (χ4v) is 4.92. The third kappa shape index (κ3) is 6.15. The molecule has 0 aromatic heterocycles. The molecule has 31 heavy (non-hydrogen) atoms. The Hall–Kier alpha value is -2.71. The molecule has 1 heterocycles. The Morgan fingerprint density at radius 1 is 1.10 bits per heavy atom. The van der Waals surface area contributed by atoms with Gasteiger partial charge in [-0.1, -0.05) is 44.2 Å². The summed E-state index contributed by atoms with van der Waals surface area (Å²) in [5, 5.41) is 5.63. The summed E-state index contributed by atoms with van der Waals surface area (Å²) in [5.41, 5.74) is 2.52. The number of hydrogen-bond donors (Lipinski definition) is 3. The number of hydrogen-bond acceptors (Lipinski definition) is 4. The molecular formula is C23H29N3O4S. The summed E-state index contributed by atoms with van der Waals surface area (Å²) in [7, 11) is -3.91. The van der Waals surface area contributed by atoms with Gasteiger partial charge in [-0.05, 0) is 54.5 Å². The molecule has 1 unspecified atom stereocenters. The van der Waals surface area contributed by atoms with E-state index in [9.17, 15) is 18.0 Å². The SMILES string of the molecule is CC(C)C(NS(=O)(=O)c1ccc2c(c1)CCCC(=O)N2)C(=O)NCCc1ccccc1. The molecule has 0 aliphatic carbocycles. The van der Waals surface area contributed by atoms with E-state index < -0.39 is 16.1 Å². The van der Waals surface area contributed by atoms with E-state index in [1.54, 1.807) is 26.0 Å². The molecule has 1 aliphatic heterocycles. The number of aryl methyl sites for hydroxylation is 1. The number of amides is 2. The zero-order chi connectivity index (χ0) is 22.4. The van der Waals surface area contributed by atoms with Crippen molar-refractivity contribution in [2.75, 3.05) is 11.9 Å². The molecule has 166 valence electrons. The third-order valence-electron chi connectivity index (χ3n) is 5.30. The smallest absolute Gasteiger partial charge is 0.241 e. The lowest BCUT2D eigenvalue weighted by Gasteiger charge is -2.22. The molecule has 0 bridgehead atoms. The largest absolute Gasteiger partial charge is 0.354 e. The summed E-state index contributed by atoms with van der Waals surface area (Å²) in [6.07, 6.45) is 2.35. The van der Waals surface area contributed by atoms with Gasteiger partial charge in [0.1, 0.15) is 6.04 Å². The highest BCUT2D eigenvalue weighted by atomic mass is 32.2. The van der Waals surface area contributed by atoms with Crippen molar-refractivity contribution in [2.24, 2.45) is 5.92 Å². The van der Waals surface area contributed by atoms with Crippen LogP contribution in [-0.2, 0) is 32.5 Å².